The summed E-state index contributed by atoms with van der Waals surface area (Å²) in [5.41, 5.74) is 2.76. The molecule has 1 heterocycles. The minimum absolute atomic E-state index is 0.511. The molecule has 20 heavy (non-hydrogen) atoms. The topological polar surface area (TPSA) is 17.8 Å². The second-order valence-corrected chi connectivity index (χ2v) is 5.70. The van der Waals surface area contributed by atoms with Crippen LogP contribution in [0.25, 0.3) is 10.9 Å². The van der Waals surface area contributed by atoms with Crippen LogP contribution in [0, 0.1) is 12.8 Å². The standard InChI is InChI=1S/C15H17F3N2/c1-3-10-5-12(10)11-4-9(2)13-7-19-20(14(13)6-11)8-15(16,17)18/h4,6-7,10,12H,3,5,8H2,1-2H3/t10-,12-/m0/s1. The van der Waals surface area contributed by atoms with Crippen LogP contribution >= 0.6 is 0 Å². The van der Waals surface area contributed by atoms with Gasteiger partial charge in [0, 0.05) is 5.39 Å². The first-order valence-corrected chi connectivity index (χ1v) is 6.92. The van der Waals surface area contributed by atoms with E-state index < -0.39 is 12.7 Å². The van der Waals surface area contributed by atoms with Gasteiger partial charge in [0.05, 0.1) is 11.7 Å². The van der Waals surface area contributed by atoms with Crippen LogP contribution in [0.2, 0.25) is 0 Å². The van der Waals surface area contributed by atoms with Gasteiger partial charge in [-0.1, -0.05) is 19.4 Å². The summed E-state index contributed by atoms with van der Waals surface area (Å²) < 4.78 is 38.8. The summed E-state index contributed by atoms with van der Waals surface area (Å²) in [6.07, 6.45) is -0.433. The molecule has 0 aliphatic heterocycles. The van der Waals surface area contributed by atoms with E-state index in [1.807, 2.05) is 13.0 Å². The second-order valence-electron chi connectivity index (χ2n) is 5.70. The van der Waals surface area contributed by atoms with Crippen LogP contribution in [-0.4, -0.2) is 16.0 Å². The molecule has 5 heteroatoms. The summed E-state index contributed by atoms with van der Waals surface area (Å²) in [6.45, 7) is 3.07. The average Bonchev–Trinajstić information content (AvgIpc) is 3.04. The number of aryl methyl sites for hydroxylation is 1. The van der Waals surface area contributed by atoms with E-state index in [-0.39, 0.29) is 0 Å². The molecular weight excluding hydrogens is 265 g/mol. The molecule has 0 unspecified atom stereocenters. The van der Waals surface area contributed by atoms with Gasteiger partial charge >= 0.3 is 6.18 Å². The molecule has 1 aromatic heterocycles. The number of rotatable bonds is 3. The monoisotopic (exact) mass is 282 g/mol. The predicted octanol–water partition coefficient (Wildman–Crippen LogP) is 4.42. The lowest BCUT2D eigenvalue weighted by molar-refractivity contribution is -0.141. The highest BCUT2D eigenvalue weighted by molar-refractivity contribution is 5.83. The molecule has 2 aromatic rings. The van der Waals surface area contributed by atoms with E-state index in [9.17, 15) is 13.2 Å². The van der Waals surface area contributed by atoms with Gasteiger partial charge in [0.25, 0.3) is 0 Å². The van der Waals surface area contributed by atoms with Crippen molar-refractivity contribution in [3.63, 3.8) is 0 Å². The van der Waals surface area contributed by atoms with E-state index in [1.54, 1.807) is 0 Å². The number of nitrogens with zero attached hydrogens (tertiary/aromatic N) is 2. The number of aromatic nitrogens is 2. The third-order valence-corrected chi connectivity index (χ3v) is 4.20. The van der Waals surface area contributed by atoms with E-state index in [0.29, 0.717) is 17.4 Å². The van der Waals surface area contributed by atoms with Crippen LogP contribution in [-0.2, 0) is 6.54 Å². The number of fused-ring (bicyclic) bond motifs is 1. The Kier molecular flexibility index (Phi) is 3.03. The Morgan fingerprint density at radius 2 is 2.10 bits per heavy atom. The summed E-state index contributed by atoms with van der Waals surface area (Å²) in [4.78, 5) is 0. The molecule has 1 fully saturated rings. The molecule has 0 spiro atoms. The molecule has 0 amide bonds. The summed E-state index contributed by atoms with van der Waals surface area (Å²) in [7, 11) is 0. The molecule has 1 aromatic carbocycles. The summed E-state index contributed by atoms with van der Waals surface area (Å²) in [6, 6.07) is 3.99. The molecule has 0 N–H and O–H groups in total. The second kappa shape index (κ2) is 4.50. The van der Waals surface area contributed by atoms with Crippen molar-refractivity contribution < 1.29 is 13.2 Å². The molecule has 1 saturated carbocycles. The third-order valence-electron chi connectivity index (χ3n) is 4.20. The summed E-state index contributed by atoms with van der Waals surface area (Å²) in [5, 5.41) is 4.71. The van der Waals surface area contributed by atoms with Gasteiger partial charge in [0.2, 0.25) is 0 Å². The van der Waals surface area contributed by atoms with Crippen LogP contribution in [0.5, 0.6) is 0 Å². The Bertz CT molecular complexity index is 642. The van der Waals surface area contributed by atoms with Crippen molar-refractivity contribution in [2.24, 2.45) is 5.92 Å². The Balaban J connectivity index is 2.02. The molecular formula is C15H17F3N2. The van der Waals surface area contributed by atoms with Crippen molar-refractivity contribution in [1.82, 2.24) is 9.78 Å². The third kappa shape index (κ3) is 2.41. The van der Waals surface area contributed by atoms with Gasteiger partial charge in [0.1, 0.15) is 6.54 Å². The van der Waals surface area contributed by atoms with Gasteiger partial charge < -0.3 is 0 Å². The molecule has 2 nitrogen and oxygen atoms in total. The highest BCUT2D eigenvalue weighted by Gasteiger charge is 2.37. The fourth-order valence-corrected chi connectivity index (χ4v) is 3.00. The largest absolute Gasteiger partial charge is 0.408 e. The fourth-order valence-electron chi connectivity index (χ4n) is 3.00. The maximum absolute atomic E-state index is 12.6. The van der Waals surface area contributed by atoms with Gasteiger partial charge in [-0.2, -0.15) is 18.3 Å². The van der Waals surface area contributed by atoms with Gasteiger partial charge in [-0.3, -0.25) is 4.68 Å². The van der Waals surface area contributed by atoms with E-state index in [4.69, 9.17) is 0 Å². The van der Waals surface area contributed by atoms with Gasteiger partial charge in [-0.05, 0) is 42.4 Å². The van der Waals surface area contributed by atoms with Crippen molar-refractivity contribution in [3.8, 4) is 0 Å². The highest BCUT2D eigenvalue weighted by Crippen LogP contribution is 2.50. The minimum Gasteiger partial charge on any atom is -0.256 e. The fraction of sp³-hybridized carbons (Fsp3) is 0.533. The first kappa shape index (κ1) is 13.5. The Morgan fingerprint density at radius 3 is 2.70 bits per heavy atom. The number of benzene rings is 1. The van der Waals surface area contributed by atoms with Crippen LogP contribution in [0.4, 0.5) is 13.2 Å². The smallest absolute Gasteiger partial charge is 0.256 e. The molecule has 108 valence electrons. The van der Waals surface area contributed by atoms with Crippen molar-refractivity contribution in [2.75, 3.05) is 0 Å². The first-order valence-electron chi connectivity index (χ1n) is 6.92. The number of hydrogen-bond donors (Lipinski definition) is 0. The minimum atomic E-state index is -4.24. The normalized spacial score (nSPS) is 22.4. The molecule has 3 rings (SSSR count). The maximum atomic E-state index is 12.6. The van der Waals surface area contributed by atoms with E-state index in [0.717, 1.165) is 34.0 Å². The van der Waals surface area contributed by atoms with Gasteiger partial charge in [0.15, 0.2) is 0 Å². The quantitative estimate of drug-likeness (QED) is 0.814. The zero-order valence-corrected chi connectivity index (χ0v) is 11.5. The predicted molar refractivity (Wildman–Crippen MR) is 71.7 cm³/mol. The van der Waals surface area contributed by atoms with Crippen molar-refractivity contribution in [2.45, 2.75) is 45.3 Å². The van der Waals surface area contributed by atoms with Crippen LogP contribution in [0.1, 0.15) is 36.8 Å². The first-order chi connectivity index (χ1) is 9.39. The Morgan fingerprint density at radius 1 is 1.35 bits per heavy atom. The van der Waals surface area contributed by atoms with Crippen LogP contribution in [0.15, 0.2) is 18.3 Å². The molecule has 0 radical (unpaired) electrons. The van der Waals surface area contributed by atoms with Crippen molar-refractivity contribution in [1.29, 1.82) is 0 Å². The van der Waals surface area contributed by atoms with Gasteiger partial charge in [-0.15, -0.1) is 0 Å². The zero-order valence-electron chi connectivity index (χ0n) is 11.5. The zero-order chi connectivity index (χ0) is 14.5. The van der Waals surface area contributed by atoms with Crippen LogP contribution in [0.3, 0.4) is 0 Å². The average molecular weight is 282 g/mol. The molecule has 0 bridgehead atoms. The van der Waals surface area contributed by atoms with Crippen molar-refractivity contribution >= 4 is 10.9 Å². The highest BCUT2D eigenvalue weighted by atomic mass is 19.4. The lowest BCUT2D eigenvalue weighted by Crippen LogP contribution is -2.18. The number of alkyl halides is 3. The van der Waals surface area contributed by atoms with E-state index in [2.05, 4.69) is 18.1 Å². The number of halogens is 3. The molecule has 1 aliphatic carbocycles. The van der Waals surface area contributed by atoms with Crippen LogP contribution < -0.4 is 0 Å². The van der Waals surface area contributed by atoms with E-state index >= 15 is 0 Å². The Labute approximate surface area is 115 Å². The van der Waals surface area contributed by atoms with Gasteiger partial charge in [-0.25, -0.2) is 0 Å². The molecule has 2 atom stereocenters. The molecule has 1 aliphatic rings. The summed E-state index contributed by atoms with van der Waals surface area (Å²) >= 11 is 0. The summed E-state index contributed by atoms with van der Waals surface area (Å²) in [5.74, 6) is 1.20. The lowest BCUT2D eigenvalue weighted by Gasteiger charge is -2.09. The SMILES string of the molecule is CC[C@H]1C[C@@H]1c1cc(C)c2cnn(CC(F)(F)F)c2c1. The molecule has 0 saturated heterocycles. The Hall–Kier alpha value is -1.52. The van der Waals surface area contributed by atoms with E-state index in [1.165, 1.54) is 6.20 Å². The van der Waals surface area contributed by atoms with Crippen molar-refractivity contribution in [3.05, 3.63) is 29.5 Å². The maximum Gasteiger partial charge on any atom is 0.408 e. The number of hydrogen-bond acceptors (Lipinski definition) is 1. The lowest BCUT2D eigenvalue weighted by atomic mass is 10.0.